The van der Waals surface area contributed by atoms with E-state index in [2.05, 4.69) is 6.08 Å². The lowest BCUT2D eigenvalue weighted by Crippen LogP contribution is -2.25. The number of methoxy groups -OCH3 is 1. The molecule has 3 heteroatoms. The van der Waals surface area contributed by atoms with Crippen LogP contribution in [0.3, 0.4) is 0 Å². The molecule has 1 aromatic carbocycles. The molecule has 116 valence electrons. The number of hydrogen-bond donors (Lipinski definition) is 0. The van der Waals surface area contributed by atoms with E-state index in [1.165, 1.54) is 24.8 Å². The zero-order valence-corrected chi connectivity index (χ0v) is 13.4. The summed E-state index contributed by atoms with van der Waals surface area (Å²) in [6, 6.07) is 7.96. The number of ether oxygens (including phenoxy) is 1. The summed E-state index contributed by atoms with van der Waals surface area (Å²) < 4.78 is 5.19. The molecule has 2 aliphatic rings. The van der Waals surface area contributed by atoms with Gasteiger partial charge < -0.3 is 9.64 Å². The largest absolute Gasteiger partial charge is 0.497 e. The molecule has 1 heterocycles. The second-order valence-electron chi connectivity index (χ2n) is 6.03. The van der Waals surface area contributed by atoms with Crippen molar-refractivity contribution < 1.29 is 9.53 Å². The molecule has 1 aliphatic carbocycles. The Hall–Kier alpha value is -2.03. The highest BCUT2D eigenvalue weighted by molar-refractivity contribution is 5.99. The summed E-state index contributed by atoms with van der Waals surface area (Å²) >= 11 is 0. The molecule has 0 bridgehead atoms. The fourth-order valence-corrected chi connectivity index (χ4v) is 3.28. The van der Waals surface area contributed by atoms with Crippen molar-refractivity contribution in [1.82, 2.24) is 4.90 Å². The lowest BCUT2D eigenvalue weighted by Gasteiger charge is -2.22. The molecular formula is C19H23NO2. The van der Waals surface area contributed by atoms with Crippen molar-refractivity contribution in [2.75, 3.05) is 7.11 Å². The summed E-state index contributed by atoms with van der Waals surface area (Å²) in [5.41, 5.74) is 4.48. The monoisotopic (exact) mass is 297 g/mol. The van der Waals surface area contributed by atoms with Crippen LogP contribution >= 0.6 is 0 Å². The van der Waals surface area contributed by atoms with Crippen molar-refractivity contribution in [3.63, 3.8) is 0 Å². The Balaban J connectivity index is 1.85. The Morgan fingerprint density at radius 1 is 1.14 bits per heavy atom. The summed E-state index contributed by atoms with van der Waals surface area (Å²) in [5, 5.41) is 0. The third-order valence-corrected chi connectivity index (χ3v) is 4.59. The Morgan fingerprint density at radius 2 is 1.91 bits per heavy atom. The molecule has 1 amide bonds. The highest BCUT2D eigenvalue weighted by Crippen LogP contribution is 2.36. The molecular weight excluding hydrogens is 274 g/mol. The van der Waals surface area contributed by atoms with Gasteiger partial charge in [-0.05, 0) is 55.9 Å². The zero-order chi connectivity index (χ0) is 15.5. The molecule has 22 heavy (non-hydrogen) atoms. The molecule has 1 aliphatic heterocycles. The molecule has 0 unspecified atom stereocenters. The molecule has 3 rings (SSSR count). The Labute approximate surface area is 132 Å². The normalized spacial score (nSPS) is 21.1. The van der Waals surface area contributed by atoms with Crippen LogP contribution in [0.15, 0.2) is 47.2 Å². The third kappa shape index (κ3) is 2.80. The second-order valence-corrected chi connectivity index (χ2v) is 6.03. The number of amides is 1. The summed E-state index contributed by atoms with van der Waals surface area (Å²) in [6.45, 7) is 2.61. The predicted molar refractivity (Wildman–Crippen MR) is 87.4 cm³/mol. The maximum Gasteiger partial charge on any atom is 0.254 e. The van der Waals surface area contributed by atoms with Crippen LogP contribution in [0.5, 0.6) is 5.75 Å². The Bertz CT molecular complexity index is 625. The van der Waals surface area contributed by atoms with Gasteiger partial charge in [0.25, 0.3) is 5.91 Å². The smallest absolute Gasteiger partial charge is 0.254 e. The van der Waals surface area contributed by atoms with Crippen LogP contribution in [0.25, 0.3) is 0 Å². The van der Waals surface area contributed by atoms with E-state index in [1.807, 2.05) is 36.1 Å². The van der Waals surface area contributed by atoms with Gasteiger partial charge in [-0.15, -0.1) is 0 Å². The van der Waals surface area contributed by atoms with Gasteiger partial charge in [0.05, 0.1) is 13.7 Å². The fourth-order valence-electron chi connectivity index (χ4n) is 3.28. The predicted octanol–water partition coefficient (Wildman–Crippen LogP) is 4.20. The van der Waals surface area contributed by atoms with E-state index in [4.69, 9.17) is 4.74 Å². The number of allylic oxidation sites excluding steroid dienone is 2. The fraction of sp³-hybridized carbons (Fsp3) is 0.421. The Morgan fingerprint density at radius 3 is 2.64 bits per heavy atom. The van der Waals surface area contributed by atoms with Crippen LogP contribution in [-0.4, -0.2) is 17.9 Å². The Kier molecular flexibility index (Phi) is 4.32. The van der Waals surface area contributed by atoms with E-state index in [0.717, 1.165) is 35.4 Å². The van der Waals surface area contributed by atoms with E-state index in [9.17, 15) is 4.79 Å². The van der Waals surface area contributed by atoms with E-state index in [-0.39, 0.29) is 5.91 Å². The van der Waals surface area contributed by atoms with Crippen LogP contribution in [0.2, 0.25) is 0 Å². The standard InChI is InChI=1S/C19H23NO2/c1-14-17-7-5-3-4-6-8-18(17)20(19(14)21)13-15-9-11-16(22-2)12-10-15/h8-12H,3-7,13H2,1-2H3/b18-8+. The number of hydrogen-bond acceptors (Lipinski definition) is 2. The van der Waals surface area contributed by atoms with Gasteiger partial charge in [0.2, 0.25) is 0 Å². The topological polar surface area (TPSA) is 29.5 Å². The minimum Gasteiger partial charge on any atom is -0.497 e. The first-order valence-electron chi connectivity index (χ1n) is 8.06. The summed E-state index contributed by atoms with van der Waals surface area (Å²) in [5.74, 6) is 1.01. The average molecular weight is 297 g/mol. The highest BCUT2D eigenvalue weighted by atomic mass is 16.5. The van der Waals surface area contributed by atoms with Crippen molar-refractivity contribution in [3.8, 4) is 5.75 Å². The third-order valence-electron chi connectivity index (χ3n) is 4.59. The van der Waals surface area contributed by atoms with Gasteiger partial charge >= 0.3 is 0 Å². The van der Waals surface area contributed by atoms with Crippen molar-refractivity contribution in [2.45, 2.75) is 45.6 Å². The van der Waals surface area contributed by atoms with Crippen LogP contribution in [0.4, 0.5) is 0 Å². The number of carbonyl (C=O) groups is 1. The number of carbonyl (C=O) groups excluding carboxylic acids is 1. The SMILES string of the molecule is COc1ccc(CN2C(=O)C(C)=C3CCCCC/C=C\32)cc1. The molecule has 0 aromatic heterocycles. The highest BCUT2D eigenvalue weighted by Gasteiger charge is 2.32. The van der Waals surface area contributed by atoms with Crippen LogP contribution in [-0.2, 0) is 11.3 Å². The van der Waals surface area contributed by atoms with Gasteiger partial charge in [-0.25, -0.2) is 0 Å². The molecule has 3 nitrogen and oxygen atoms in total. The van der Waals surface area contributed by atoms with Crippen molar-refractivity contribution in [3.05, 3.63) is 52.7 Å². The van der Waals surface area contributed by atoms with Crippen molar-refractivity contribution in [1.29, 1.82) is 0 Å². The summed E-state index contributed by atoms with van der Waals surface area (Å²) in [7, 11) is 1.66. The van der Waals surface area contributed by atoms with E-state index < -0.39 is 0 Å². The van der Waals surface area contributed by atoms with Crippen molar-refractivity contribution >= 4 is 5.91 Å². The van der Waals surface area contributed by atoms with E-state index in [0.29, 0.717) is 6.54 Å². The van der Waals surface area contributed by atoms with Gasteiger partial charge in [0, 0.05) is 11.3 Å². The lowest BCUT2D eigenvalue weighted by molar-refractivity contribution is -0.124. The van der Waals surface area contributed by atoms with Gasteiger partial charge in [0.1, 0.15) is 5.75 Å². The molecule has 0 spiro atoms. The first-order chi connectivity index (χ1) is 10.7. The van der Waals surface area contributed by atoms with Gasteiger partial charge in [-0.1, -0.05) is 24.6 Å². The van der Waals surface area contributed by atoms with E-state index >= 15 is 0 Å². The average Bonchev–Trinajstić information content (AvgIpc) is 2.72. The zero-order valence-electron chi connectivity index (χ0n) is 13.4. The number of rotatable bonds is 3. The molecule has 0 fully saturated rings. The number of fused-ring (bicyclic) bond motifs is 1. The van der Waals surface area contributed by atoms with Gasteiger partial charge in [-0.2, -0.15) is 0 Å². The maximum atomic E-state index is 12.6. The molecule has 0 atom stereocenters. The summed E-state index contributed by atoms with van der Waals surface area (Å²) in [4.78, 5) is 14.6. The number of nitrogens with zero attached hydrogens (tertiary/aromatic N) is 1. The maximum absolute atomic E-state index is 12.6. The van der Waals surface area contributed by atoms with Crippen LogP contribution in [0, 0.1) is 0 Å². The lowest BCUT2D eigenvalue weighted by atomic mass is 9.97. The molecule has 0 N–H and O–H groups in total. The van der Waals surface area contributed by atoms with Crippen LogP contribution < -0.4 is 4.74 Å². The minimum atomic E-state index is 0.166. The van der Waals surface area contributed by atoms with Gasteiger partial charge in [-0.3, -0.25) is 4.79 Å². The molecule has 1 aromatic rings. The van der Waals surface area contributed by atoms with Gasteiger partial charge in [0.15, 0.2) is 0 Å². The quantitative estimate of drug-likeness (QED) is 0.836. The molecule has 0 radical (unpaired) electrons. The minimum absolute atomic E-state index is 0.166. The van der Waals surface area contributed by atoms with Crippen molar-refractivity contribution in [2.24, 2.45) is 0 Å². The summed E-state index contributed by atoms with van der Waals surface area (Å²) in [6.07, 6.45) is 8.02. The van der Waals surface area contributed by atoms with E-state index in [1.54, 1.807) is 7.11 Å². The first-order valence-corrected chi connectivity index (χ1v) is 8.06. The van der Waals surface area contributed by atoms with Crippen LogP contribution in [0.1, 0.15) is 44.6 Å². The number of benzene rings is 1. The second kappa shape index (κ2) is 6.39. The molecule has 0 saturated carbocycles. The molecule has 0 saturated heterocycles. The first kappa shape index (κ1) is 14.9.